The number of carboxylic acid groups (broad SMARTS) is 1. The smallest absolute Gasteiger partial charge is 0.329 e. The zero-order valence-electron chi connectivity index (χ0n) is 10.6. The summed E-state index contributed by atoms with van der Waals surface area (Å²) in [6.45, 7) is 0. The van der Waals surface area contributed by atoms with E-state index in [2.05, 4.69) is 42.5 Å². The Labute approximate surface area is 133 Å². The van der Waals surface area contributed by atoms with Crippen molar-refractivity contribution in [3.63, 3.8) is 0 Å². The van der Waals surface area contributed by atoms with Crippen LogP contribution in [-0.4, -0.2) is 22.6 Å². The van der Waals surface area contributed by atoms with E-state index < -0.39 is 17.5 Å². The second-order valence-corrected chi connectivity index (χ2v) is 6.57. The molecule has 2 rings (SSSR count). The summed E-state index contributed by atoms with van der Waals surface area (Å²) in [4.78, 5) is 23.4. The molecule has 3 N–H and O–H groups in total. The van der Waals surface area contributed by atoms with Crippen molar-refractivity contribution >= 4 is 49.5 Å². The number of anilines is 1. The van der Waals surface area contributed by atoms with Gasteiger partial charge in [0.1, 0.15) is 5.54 Å². The quantitative estimate of drug-likeness (QED) is 0.716. The fourth-order valence-electron chi connectivity index (χ4n) is 2.34. The number of carboxylic acids is 1. The summed E-state index contributed by atoms with van der Waals surface area (Å²) in [6.07, 6.45) is 2.56. The van der Waals surface area contributed by atoms with Crippen LogP contribution < -0.4 is 10.6 Å². The molecule has 0 unspecified atom stereocenters. The van der Waals surface area contributed by atoms with E-state index in [0.29, 0.717) is 18.5 Å². The maximum atomic E-state index is 12.0. The minimum absolute atomic E-state index is 0.468. The van der Waals surface area contributed by atoms with E-state index >= 15 is 0 Å². The number of aliphatic carboxylic acids is 1. The Morgan fingerprint density at radius 2 is 1.85 bits per heavy atom. The predicted octanol–water partition coefficient (Wildman–Crippen LogP) is 3.73. The Kier molecular flexibility index (Phi) is 4.70. The zero-order valence-corrected chi connectivity index (χ0v) is 13.8. The number of hydrogen-bond donors (Lipinski definition) is 3. The van der Waals surface area contributed by atoms with Crippen LogP contribution in [0.4, 0.5) is 10.5 Å². The first-order valence-corrected chi connectivity index (χ1v) is 7.79. The van der Waals surface area contributed by atoms with E-state index in [0.717, 1.165) is 21.8 Å². The molecule has 0 aromatic heterocycles. The molecule has 108 valence electrons. The van der Waals surface area contributed by atoms with Crippen LogP contribution in [0.5, 0.6) is 0 Å². The first kappa shape index (κ1) is 15.3. The summed E-state index contributed by atoms with van der Waals surface area (Å²) in [5, 5.41) is 14.6. The Hall–Kier alpha value is -1.08. The molecule has 0 spiro atoms. The Balaban J connectivity index is 2.08. The number of nitrogens with one attached hydrogen (secondary N) is 2. The predicted molar refractivity (Wildman–Crippen MR) is 82.8 cm³/mol. The number of hydrogen-bond acceptors (Lipinski definition) is 2. The van der Waals surface area contributed by atoms with E-state index in [9.17, 15) is 14.7 Å². The molecule has 0 bridgehead atoms. The molecule has 1 saturated carbocycles. The lowest BCUT2D eigenvalue weighted by Gasteiger charge is -2.25. The third kappa shape index (κ3) is 3.32. The molecular formula is C13H14Br2N2O3. The van der Waals surface area contributed by atoms with Crippen molar-refractivity contribution in [1.29, 1.82) is 0 Å². The van der Waals surface area contributed by atoms with Gasteiger partial charge in [-0.3, -0.25) is 0 Å². The molecule has 0 heterocycles. The molecule has 0 radical (unpaired) electrons. The summed E-state index contributed by atoms with van der Waals surface area (Å²) >= 11 is 6.66. The summed E-state index contributed by atoms with van der Waals surface area (Å²) < 4.78 is 1.55. The fourth-order valence-corrected chi connectivity index (χ4v) is 3.04. The average molecular weight is 406 g/mol. The summed E-state index contributed by atoms with van der Waals surface area (Å²) in [5.74, 6) is -0.974. The lowest BCUT2D eigenvalue weighted by molar-refractivity contribution is -0.144. The van der Waals surface area contributed by atoms with Crippen molar-refractivity contribution in [2.24, 2.45) is 0 Å². The topological polar surface area (TPSA) is 78.4 Å². The molecule has 7 heteroatoms. The molecular weight excluding hydrogens is 392 g/mol. The van der Waals surface area contributed by atoms with Gasteiger partial charge in [-0.1, -0.05) is 28.8 Å². The van der Waals surface area contributed by atoms with Crippen LogP contribution in [-0.2, 0) is 4.79 Å². The van der Waals surface area contributed by atoms with Crippen LogP contribution in [0, 0.1) is 0 Å². The van der Waals surface area contributed by atoms with E-state index in [-0.39, 0.29) is 0 Å². The molecule has 1 aliphatic rings. The maximum Gasteiger partial charge on any atom is 0.329 e. The van der Waals surface area contributed by atoms with Gasteiger partial charge in [0.2, 0.25) is 0 Å². The third-order valence-electron chi connectivity index (χ3n) is 3.40. The minimum Gasteiger partial charge on any atom is -0.480 e. The Bertz CT molecular complexity index is 542. The zero-order chi connectivity index (χ0) is 14.8. The normalized spacial score (nSPS) is 16.7. The van der Waals surface area contributed by atoms with Crippen LogP contribution in [0.3, 0.4) is 0 Å². The largest absolute Gasteiger partial charge is 0.480 e. The van der Waals surface area contributed by atoms with Gasteiger partial charge in [-0.05, 0) is 47.0 Å². The highest BCUT2D eigenvalue weighted by molar-refractivity contribution is 9.11. The molecule has 2 amide bonds. The summed E-state index contributed by atoms with van der Waals surface area (Å²) in [7, 11) is 0. The van der Waals surface area contributed by atoms with Crippen molar-refractivity contribution in [1.82, 2.24) is 5.32 Å². The highest BCUT2D eigenvalue weighted by Gasteiger charge is 2.42. The fraction of sp³-hybridized carbons (Fsp3) is 0.385. The van der Waals surface area contributed by atoms with E-state index in [1.807, 2.05) is 6.07 Å². The molecule has 0 aliphatic heterocycles. The second kappa shape index (κ2) is 6.13. The number of carbonyl (C=O) groups excluding carboxylic acids is 1. The van der Waals surface area contributed by atoms with E-state index in [1.54, 1.807) is 12.1 Å². The maximum absolute atomic E-state index is 12.0. The van der Waals surface area contributed by atoms with Gasteiger partial charge in [0.25, 0.3) is 0 Å². The number of amides is 2. The standard InChI is InChI=1S/C13H14Br2N2O3/c14-8-3-4-9(15)10(7-8)16-12(20)17-13(11(18)19)5-1-2-6-13/h3-4,7H,1-2,5-6H2,(H,18,19)(H2,16,17,20). The highest BCUT2D eigenvalue weighted by Crippen LogP contribution is 2.30. The van der Waals surface area contributed by atoms with Gasteiger partial charge in [-0.15, -0.1) is 0 Å². The van der Waals surface area contributed by atoms with Crippen molar-refractivity contribution in [2.45, 2.75) is 31.2 Å². The minimum atomic E-state index is -1.14. The number of halogens is 2. The number of rotatable bonds is 3. The monoisotopic (exact) mass is 404 g/mol. The molecule has 0 atom stereocenters. The highest BCUT2D eigenvalue weighted by atomic mass is 79.9. The van der Waals surface area contributed by atoms with Crippen LogP contribution in [0.1, 0.15) is 25.7 Å². The first-order chi connectivity index (χ1) is 9.43. The number of benzene rings is 1. The van der Waals surface area contributed by atoms with Crippen molar-refractivity contribution in [2.75, 3.05) is 5.32 Å². The molecule has 1 aliphatic carbocycles. The summed E-state index contributed by atoms with van der Waals surface area (Å²) in [6, 6.07) is 4.87. The van der Waals surface area contributed by atoms with Gasteiger partial charge in [-0.25, -0.2) is 9.59 Å². The average Bonchev–Trinajstić information content (AvgIpc) is 2.83. The van der Waals surface area contributed by atoms with E-state index in [4.69, 9.17) is 0 Å². The molecule has 20 heavy (non-hydrogen) atoms. The van der Waals surface area contributed by atoms with Crippen LogP contribution in [0.25, 0.3) is 0 Å². The first-order valence-electron chi connectivity index (χ1n) is 6.20. The van der Waals surface area contributed by atoms with Crippen LogP contribution in [0.15, 0.2) is 27.1 Å². The molecule has 5 nitrogen and oxygen atoms in total. The molecule has 1 aromatic carbocycles. The van der Waals surface area contributed by atoms with Crippen LogP contribution >= 0.6 is 31.9 Å². The molecule has 1 aromatic rings. The number of urea groups is 1. The molecule has 0 saturated heterocycles. The SMILES string of the molecule is O=C(Nc1cc(Br)ccc1Br)NC1(C(=O)O)CCCC1. The Morgan fingerprint density at radius 1 is 1.20 bits per heavy atom. The van der Waals surface area contributed by atoms with Gasteiger partial charge in [0.05, 0.1) is 5.69 Å². The van der Waals surface area contributed by atoms with Gasteiger partial charge in [-0.2, -0.15) is 0 Å². The van der Waals surface area contributed by atoms with E-state index in [1.165, 1.54) is 0 Å². The third-order valence-corrected chi connectivity index (χ3v) is 4.58. The lowest BCUT2D eigenvalue weighted by atomic mass is 9.98. The van der Waals surface area contributed by atoms with Gasteiger partial charge in [0.15, 0.2) is 0 Å². The summed E-state index contributed by atoms with van der Waals surface area (Å²) in [5.41, 5.74) is -0.557. The second-order valence-electron chi connectivity index (χ2n) is 4.80. The van der Waals surface area contributed by atoms with Crippen molar-refractivity contribution < 1.29 is 14.7 Å². The van der Waals surface area contributed by atoms with Crippen molar-refractivity contribution in [3.05, 3.63) is 27.1 Å². The lowest BCUT2D eigenvalue weighted by Crippen LogP contribution is -2.53. The van der Waals surface area contributed by atoms with Crippen molar-refractivity contribution in [3.8, 4) is 0 Å². The number of carbonyl (C=O) groups is 2. The van der Waals surface area contributed by atoms with Gasteiger partial charge in [0, 0.05) is 8.95 Å². The van der Waals surface area contributed by atoms with Gasteiger partial charge >= 0.3 is 12.0 Å². The Morgan fingerprint density at radius 3 is 2.45 bits per heavy atom. The molecule has 1 fully saturated rings. The van der Waals surface area contributed by atoms with Gasteiger partial charge < -0.3 is 15.7 Å². The van der Waals surface area contributed by atoms with Crippen LogP contribution in [0.2, 0.25) is 0 Å².